The van der Waals surface area contributed by atoms with Crippen molar-refractivity contribution >= 4 is 5.65 Å². The van der Waals surface area contributed by atoms with Crippen molar-refractivity contribution in [1.29, 1.82) is 0 Å². The number of nitrogens with zero attached hydrogens (tertiary/aromatic N) is 2. The molecule has 0 radical (unpaired) electrons. The molecule has 0 aliphatic rings. The predicted molar refractivity (Wildman–Crippen MR) is 63.9 cm³/mol. The van der Waals surface area contributed by atoms with Crippen molar-refractivity contribution in [1.82, 2.24) is 14.6 Å². The molecule has 0 saturated carbocycles. The lowest BCUT2D eigenvalue weighted by Gasteiger charge is -2.13. The molecule has 0 fully saturated rings. The molecule has 2 aromatic heterocycles. The van der Waals surface area contributed by atoms with Crippen LogP contribution >= 0.6 is 0 Å². The van der Waals surface area contributed by atoms with Crippen LogP contribution in [0.1, 0.15) is 39.1 Å². The first kappa shape index (κ1) is 10.9. The van der Waals surface area contributed by atoms with Crippen LogP contribution in [0.3, 0.4) is 0 Å². The third kappa shape index (κ3) is 1.75. The summed E-state index contributed by atoms with van der Waals surface area (Å²) in [5.41, 5.74) is 2.63. The van der Waals surface area contributed by atoms with Crippen molar-refractivity contribution < 1.29 is 0 Å². The van der Waals surface area contributed by atoms with Gasteiger partial charge in [-0.1, -0.05) is 27.7 Å². The summed E-state index contributed by atoms with van der Waals surface area (Å²) < 4.78 is 1.82. The van der Waals surface area contributed by atoms with Gasteiger partial charge in [0, 0.05) is 23.2 Å². The van der Waals surface area contributed by atoms with Gasteiger partial charge in [0.05, 0.1) is 5.69 Å². The van der Waals surface area contributed by atoms with Crippen LogP contribution in [0, 0.1) is 0 Å². The molecule has 0 spiro atoms. The third-order valence-corrected chi connectivity index (χ3v) is 2.66. The van der Waals surface area contributed by atoms with Gasteiger partial charge >= 0.3 is 0 Å². The maximum absolute atomic E-state index is 11.4. The van der Waals surface area contributed by atoms with Gasteiger partial charge in [0.15, 0.2) is 0 Å². The van der Waals surface area contributed by atoms with Crippen LogP contribution in [0.5, 0.6) is 0 Å². The average Bonchev–Trinajstić information content (AvgIpc) is 2.59. The van der Waals surface area contributed by atoms with E-state index in [1.54, 1.807) is 6.07 Å². The molecular formula is C12H17N3O. The number of aryl methyl sites for hydroxylation is 1. The van der Waals surface area contributed by atoms with E-state index < -0.39 is 0 Å². The molecule has 0 bridgehead atoms. The summed E-state index contributed by atoms with van der Waals surface area (Å²) >= 11 is 0. The molecule has 2 heterocycles. The van der Waals surface area contributed by atoms with Crippen molar-refractivity contribution in [2.75, 3.05) is 0 Å². The lowest BCUT2D eigenvalue weighted by Crippen LogP contribution is -2.13. The van der Waals surface area contributed by atoms with Crippen molar-refractivity contribution in [3.05, 3.63) is 33.9 Å². The Morgan fingerprint density at radius 2 is 2.06 bits per heavy atom. The topological polar surface area (TPSA) is 50.2 Å². The van der Waals surface area contributed by atoms with Crippen LogP contribution in [-0.2, 0) is 11.8 Å². The normalized spacial score (nSPS) is 12.2. The van der Waals surface area contributed by atoms with Crippen LogP contribution in [-0.4, -0.2) is 14.6 Å². The number of fused-ring (bicyclic) bond motifs is 1. The van der Waals surface area contributed by atoms with Gasteiger partial charge in [-0.25, -0.2) is 4.52 Å². The highest BCUT2D eigenvalue weighted by Crippen LogP contribution is 2.21. The number of aromatic nitrogens is 3. The molecule has 2 rings (SSSR count). The Morgan fingerprint density at radius 1 is 1.38 bits per heavy atom. The Labute approximate surface area is 94.3 Å². The maximum atomic E-state index is 11.4. The number of aromatic amines is 1. The van der Waals surface area contributed by atoms with E-state index >= 15 is 0 Å². The van der Waals surface area contributed by atoms with Crippen molar-refractivity contribution in [2.45, 2.75) is 39.5 Å². The summed E-state index contributed by atoms with van der Waals surface area (Å²) in [6.45, 7) is 8.35. The standard InChI is InChI=1S/C12H17N3O/c1-5-8-6-11(16)13-10-7-9(12(2,3)4)14-15(8)10/h6-7H,5H2,1-4H3,(H,13,16). The first-order valence-electron chi connectivity index (χ1n) is 5.54. The highest BCUT2D eigenvalue weighted by Gasteiger charge is 2.18. The molecule has 0 aliphatic heterocycles. The Kier molecular flexibility index (Phi) is 2.37. The minimum Gasteiger partial charge on any atom is -0.307 e. The number of nitrogens with one attached hydrogen (secondary N) is 1. The molecule has 2 aromatic rings. The minimum absolute atomic E-state index is 0.00603. The van der Waals surface area contributed by atoms with Crippen LogP contribution in [0.4, 0.5) is 0 Å². The molecular weight excluding hydrogens is 202 g/mol. The fraction of sp³-hybridized carbons (Fsp3) is 0.500. The first-order valence-corrected chi connectivity index (χ1v) is 5.54. The molecule has 0 amide bonds. The molecule has 1 N–H and O–H groups in total. The van der Waals surface area contributed by atoms with Gasteiger partial charge in [-0.3, -0.25) is 4.79 Å². The smallest absolute Gasteiger partial charge is 0.251 e. The molecule has 0 aromatic carbocycles. The van der Waals surface area contributed by atoms with E-state index in [2.05, 4.69) is 30.9 Å². The van der Waals surface area contributed by atoms with E-state index in [0.717, 1.165) is 23.5 Å². The fourth-order valence-corrected chi connectivity index (χ4v) is 1.68. The molecule has 0 aliphatic carbocycles. The SMILES string of the molecule is CCc1cc(=O)[nH]c2cc(C(C)(C)C)nn12. The second-order valence-corrected chi connectivity index (χ2v) is 5.06. The molecule has 86 valence electrons. The van der Waals surface area contributed by atoms with E-state index in [0.29, 0.717) is 0 Å². The summed E-state index contributed by atoms with van der Waals surface area (Å²) in [6.07, 6.45) is 0.797. The summed E-state index contributed by atoms with van der Waals surface area (Å²) in [4.78, 5) is 14.2. The van der Waals surface area contributed by atoms with Gasteiger partial charge in [-0.15, -0.1) is 0 Å². The average molecular weight is 219 g/mol. The van der Waals surface area contributed by atoms with Gasteiger partial charge in [-0.05, 0) is 6.42 Å². The quantitative estimate of drug-likeness (QED) is 0.796. The van der Waals surface area contributed by atoms with E-state index in [9.17, 15) is 4.79 Å². The highest BCUT2D eigenvalue weighted by molar-refractivity contribution is 5.41. The predicted octanol–water partition coefficient (Wildman–Crippen LogP) is 1.88. The molecule has 4 nitrogen and oxygen atoms in total. The number of hydrogen-bond donors (Lipinski definition) is 1. The largest absolute Gasteiger partial charge is 0.307 e. The summed E-state index contributed by atoms with van der Waals surface area (Å²) in [7, 11) is 0. The van der Waals surface area contributed by atoms with E-state index in [1.807, 2.05) is 17.5 Å². The maximum Gasteiger partial charge on any atom is 0.251 e. The van der Waals surface area contributed by atoms with E-state index in [-0.39, 0.29) is 11.0 Å². The minimum atomic E-state index is -0.0651. The van der Waals surface area contributed by atoms with Crippen LogP contribution in [0.15, 0.2) is 16.9 Å². The van der Waals surface area contributed by atoms with Crippen LogP contribution in [0.25, 0.3) is 5.65 Å². The van der Waals surface area contributed by atoms with E-state index in [4.69, 9.17) is 0 Å². The monoisotopic (exact) mass is 219 g/mol. The lowest BCUT2D eigenvalue weighted by molar-refractivity contribution is 0.561. The van der Waals surface area contributed by atoms with Gasteiger partial charge in [0.25, 0.3) is 5.56 Å². The summed E-state index contributed by atoms with van der Waals surface area (Å²) in [6, 6.07) is 3.55. The van der Waals surface area contributed by atoms with Crippen LogP contribution in [0.2, 0.25) is 0 Å². The summed E-state index contributed by atoms with van der Waals surface area (Å²) in [5.74, 6) is 0. The molecule has 16 heavy (non-hydrogen) atoms. The molecule has 0 saturated heterocycles. The van der Waals surface area contributed by atoms with Crippen molar-refractivity contribution in [2.24, 2.45) is 0 Å². The van der Waals surface area contributed by atoms with Crippen LogP contribution < -0.4 is 5.56 Å². The zero-order chi connectivity index (χ0) is 11.9. The first-order chi connectivity index (χ1) is 7.41. The van der Waals surface area contributed by atoms with Gasteiger partial charge < -0.3 is 4.98 Å². The Bertz CT molecular complexity index is 572. The Morgan fingerprint density at radius 3 is 2.62 bits per heavy atom. The highest BCUT2D eigenvalue weighted by atomic mass is 16.1. The third-order valence-electron chi connectivity index (χ3n) is 2.66. The number of rotatable bonds is 1. The van der Waals surface area contributed by atoms with E-state index in [1.165, 1.54) is 0 Å². The Balaban J connectivity index is 2.75. The van der Waals surface area contributed by atoms with Gasteiger partial charge in [0.1, 0.15) is 5.65 Å². The lowest BCUT2D eigenvalue weighted by atomic mass is 9.93. The Hall–Kier alpha value is -1.58. The van der Waals surface area contributed by atoms with Crippen molar-refractivity contribution in [3.63, 3.8) is 0 Å². The van der Waals surface area contributed by atoms with Gasteiger partial charge in [0.2, 0.25) is 0 Å². The summed E-state index contributed by atoms with van der Waals surface area (Å²) in [5, 5.41) is 4.54. The zero-order valence-corrected chi connectivity index (χ0v) is 10.2. The fourth-order valence-electron chi connectivity index (χ4n) is 1.68. The zero-order valence-electron chi connectivity index (χ0n) is 10.2. The van der Waals surface area contributed by atoms with Gasteiger partial charge in [-0.2, -0.15) is 5.10 Å². The second kappa shape index (κ2) is 3.47. The second-order valence-electron chi connectivity index (χ2n) is 5.06. The molecule has 0 unspecified atom stereocenters. The van der Waals surface area contributed by atoms with Crippen molar-refractivity contribution in [3.8, 4) is 0 Å². The molecule has 4 heteroatoms. The number of H-pyrrole nitrogens is 1. The molecule has 0 atom stereocenters. The number of hydrogen-bond acceptors (Lipinski definition) is 2.